The average Bonchev–Trinajstić information content (AvgIpc) is 2.92. The fourth-order valence-corrected chi connectivity index (χ4v) is 3.41. The van der Waals surface area contributed by atoms with E-state index in [4.69, 9.17) is 0 Å². The van der Waals surface area contributed by atoms with Gasteiger partial charge in [-0.05, 0) is 38.1 Å². The summed E-state index contributed by atoms with van der Waals surface area (Å²) in [6, 6.07) is 0. The van der Waals surface area contributed by atoms with Gasteiger partial charge in [0.25, 0.3) is 0 Å². The van der Waals surface area contributed by atoms with Crippen molar-refractivity contribution in [3.05, 3.63) is 23.8 Å². The van der Waals surface area contributed by atoms with E-state index in [1.165, 1.54) is 31.2 Å². The van der Waals surface area contributed by atoms with Gasteiger partial charge in [0.05, 0.1) is 0 Å². The summed E-state index contributed by atoms with van der Waals surface area (Å²) in [4.78, 5) is 9.09. The fraction of sp³-hybridized carbons (Fsp3) is 0.692. The second kappa shape index (κ2) is 4.13. The minimum Gasteiger partial charge on any atom is -0.316 e. The first kappa shape index (κ1) is 10.2. The van der Waals surface area contributed by atoms with Crippen LogP contribution in [0.15, 0.2) is 12.4 Å². The lowest BCUT2D eigenvalue weighted by molar-refractivity contribution is 0.405. The van der Waals surface area contributed by atoms with Gasteiger partial charge in [0.1, 0.15) is 5.82 Å². The van der Waals surface area contributed by atoms with Gasteiger partial charge >= 0.3 is 0 Å². The van der Waals surface area contributed by atoms with Crippen molar-refractivity contribution in [2.24, 2.45) is 11.8 Å². The van der Waals surface area contributed by atoms with Gasteiger partial charge in [0.15, 0.2) is 0 Å². The molecular formula is C13H19N3. The zero-order valence-electron chi connectivity index (χ0n) is 9.82. The lowest BCUT2D eigenvalue weighted by atomic mass is 9.88. The van der Waals surface area contributed by atoms with Gasteiger partial charge in [-0.1, -0.05) is 6.42 Å². The van der Waals surface area contributed by atoms with Crippen LogP contribution in [0.25, 0.3) is 0 Å². The Hall–Kier alpha value is -0.960. The molecule has 0 aromatic carbocycles. The minimum absolute atomic E-state index is 0.655. The number of nitrogens with zero attached hydrogens (tertiary/aromatic N) is 2. The van der Waals surface area contributed by atoms with Gasteiger partial charge in [0.2, 0.25) is 0 Å². The third-order valence-corrected chi connectivity index (χ3v) is 4.18. The van der Waals surface area contributed by atoms with Gasteiger partial charge in [-0.2, -0.15) is 0 Å². The smallest absolute Gasteiger partial charge is 0.131 e. The maximum absolute atomic E-state index is 4.55. The van der Waals surface area contributed by atoms with Gasteiger partial charge in [0, 0.05) is 30.4 Å². The van der Waals surface area contributed by atoms with Crippen molar-refractivity contribution in [1.29, 1.82) is 0 Å². The summed E-state index contributed by atoms with van der Waals surface area (Å²) in [5, 5.41) is 3.12. The minimum atomic E-state index is 0.655. The fourth-order valence-electron chi connectivity index (χ4n) is 3.41. The van der Waals surface area contributed by atoms with E-state index in [1.54, 1.807) is 0 Å². The molecular weight excluding hydrogens is 198 g/mol. The van der Waals surface area contributed by atoms with E-state index in [0.717, 1.165) is 24.2 Å². The Morgan fingerprint density at radius 3 is 2.62 bits per heavy atom. The molecule has 86 valence electrons. The van der Waals surface area contributed by atoms with Crippen LogP contribution in [-0.4, -0.2) is 17.0 Å². The molecule has 0 saturated heterocycles. The maximum Gasteiger partial charge on any atom is 0.131 e. The van der Waals surface area contributed by atoms with E-state index < -0.39 is 0 Å². The summed E-state index contributed by atoms with van der Waals surface area (Å²) in [5.74, 6) is 3.59. The lowest BCUT2D eigenvalue weighted by Crippen LogP contribution is -2.13. The molecule has 2 saturated carbocycles. The van der Waals surface area contributed by atoms with Crippen molar-refractivity contribution in [2.75, 3.05) is 7.05 Å². The molecule has 2 aliphatic carbocycles. The van der Waals surface area contributed by atoms with Gasteiger partial charge in [-0.3, -0.25) is 0 Å². The van der Waals surface area contributed by atoms with E-state index in [9.17, 15) is 0 Å². The van der Waals surface area contributed by atoms with E-state index in [0.29, 0.717) is 5.92 Å². The van der Waals surface area contributed by atoms with Crippen molar-refractivity contribution >= 4 is 0 Å². The molecule has 16 heavy (non-hydrogen) atoms. The maximum atomic E-state index is 4.55. The first-order valence-electron chi connectivity index (χ1n) is 6.32. The third-order valence-electron chi connectivity index (χ3n) is 4.18. The standard InChI is InChI=1S/C13H19N3/c1-14-6-10-7-15-13(16-8-10)12-5-9-2-3-11(12)4-9/h7-9,11-12,14H,2-6H2,1H3. The number of aromatic nitrogens is 2. The predicted molar refractivity (Wildman–Crippen MR) is 63.0 cm³/mol. The molecule has 2 aliphatic rings. The summed E-state index contributed by atoms with van der Waals surface area (Å²) < 4.78 is 0. The van der Waals surface area contributed by atoms with Crippen molar-refractivity contribution in [2.45, 2.75) is 38.1 Å². The number of rotatable bonds is 3. The van der Waals surface area contributed by atoms with E-state index in [-0.39, 0.29) is 0 Å². The Morgan fingerprint density at radius 2 is 2.06 bits per heavy atom. The molecule has 2 fully saturated rings. The first-order chi connectivity index (χ1) is 7.86. The second-order valence-electron chi connectivity index (χ2n) is 5.26. The molecule has 0 aliphatic heterocycles. The molecule has 3 rings (SSSR count). The first-order valence-corrected chi connectivity index (χ1v) is 6.32. The number of nitrogens with one attached hydrogen (secondary N) is 1. The highest BCUT2D eigenvalue weighted by Crippen LogP contribution is 2.51. The van der Waals surface area contributed by atoms with Crippen LogP contribution in [0.3, 0.4) is 0 Å². The summed E-state index contributed by atoms with van der Waals surface area (Å²) >= 11 is 0. The highest BCUT2D eigenvalue weighted by Gasteiger charge is 2.41. The normalized spacial score (nSPS) is 32.2. The van der Waals surface area contributed by atoms with Crippen LogP contribution in [0.5, 0.6) is 0 Å². The topological polar surface area (TPSA) is 37.8 Å². The van der Waals surface area contributed by atoms with Gasteiger partial charge in [-0.25, -0.2) is 9.97 Å². The third kappa shape index (κ3) is 1.73. The van der Waals surface area contributed by atoms with Crippen LogP contribution in [0, 0.1) is 11.8 Å². The Balaban J connectivity index is 1.75. The SMILES string of the molecule is CNCc1cnc(C2CC3CCC2C3)nc1. The zero-order chi connectivity index (χ0) is 11.0. The Kier molecular flexibility index (Phi) is 2.64. The zero-order valence-corrected chi connectivity index (χ0v) is 9.82. The van der Waals surface area contributed by atoms with Crippen LogP contribution in [0.2, 0.25) is 0 Å². The van der Waals surface area contributed by atoms with Crippen molar-refractivity contribution in [3.63, 3.8) is 0 Å². The molecule has 3 nitrogen and oxygen atoms in total. The molecule has 2 bridgehead atoms. The highest BCUT2D eigenvalue weighted by atomic mass is 14.9. The monoisotopic (exact) mass is 217 g/mol. The van der Waals surface area contributed by atoms with Gasteiger partial charge < -0.3 is 5.32 Å². The second-order valence-corrected chi connectivity index (χ2v) is 5.26. The highest BCUT2D eigenvalue weighted by molar-refractivity contribution is 5.11. The average molecular weight is 217 g/mol. The van der Waals surface area contributed by atoms with Crippen LogP contribution >= 0.6 is 0 Å². The largest absolute Gasteiger partial charge is 0.316 e. The van der Waals surface area contributed by atoms with E-state index in [2.05, 4.69) is 15.3 Å². The molecule has 0 radical (unpaired) electrons. The number of fused-ring (bicyclic) bond motifs is 2. The molecule has 3 heteroatoms. The van der Waals surface area contributed by atoms with Crippen LogP contribution in [0.1, 0.15) is 43.0 Å². The Labute approximate surface area is 96.7 Å². The molecule has 1 aromatic rings. The molecule has 0 spiro atoms. The Morgan fingerprint density at radius 1 is 1.25 bits per heavy atom. The van der Waals surface area contributed by atoms with Crippen LogP contribution in [-0.2, 0) is 6.54 Å². The van der Waals surface area contributed by atoms with Crippen molar-refractivity contribution in [3.8, 4) is 0 Å². The summed E-state index contributed by atoms with van der Waals surface area (Å²) in [6.45, 7) is 0.858. The molecule has 0 amide bonds. The lowest BCUT2D eigenvalue weighted by Gasteiger charge is -2.19. The summed E-state index contributed by atoms with van der Waals surface area (Å²) in [6.07, 6.45) is 9.55. The summed E-state index contributed by atoms with van der Waals surface area (Å²) in [5.41, 5.74) is 1.18. The van der Waals surface area contributed by atoms with Crippen molar-refractivity contribution in [1.82, 2.24) is 15.3 Å². The van der Waals surface area contributed by atoms with E-state index >= 15 is 0 Å². The van der Waals surface area contributed by atoms with Crippen LogP contribution < -0.4 is 5.32 Å². The summed E-state index contributed by atoms with van der Waals surface area (Å²) in [7, 11) is 1.95. The molecule has 1 aromatic heterocycles. The predicted octanol–water partition coefficient (Wildman–Crippen LogP) is 2.10. The van der Waals surface area contributed by atoms with Crippen LogP contribution in [0.4, 0.5) is 0 Å². The molecule has 1 heterocycles. The molecule has 1 N–H and O–H groups in total. The molecule has 3 atom stereocenters. The molecule has 3 unspecified atom stereocenters. The number of hydrogen-bond donors (Lipinski definition) is 1. The van der Waals surface area contributed by atoms with Gasteiger partial charge in [-0.15, -0.1) is 0 Å². The quantitative estimate of drug-likeness (QED) is 0.842. The van der Waals surface area contributed by atoms with E-state index in [1.807, 2.05) is 19.4 Å². The van der Waals surface area contributed by atoms with Crippen molar-refractivity contribution < 1.29 is 0 Å². The Bertz CT molecular complexity index is 360. The number of hydrogen-bond acceptors (Lipinski definition) is 3.